The van der Waals surface area contributed by atoms with Crippen molar-refractivity contribution in [3.05, 3.63) is 65.7 Å². The van der Waals surface area contributed by atoms with E-state index in [9.17, 15) is 4.79 Å². The van der Waals surface area contributed by atoms with Gasteiger partial charge in [-0.3, -0.25) is 0 Å². The summed E-state index contributed by atoms with van der Waals surface area (Å²) in [5.41, 5.74) is 1.69. The highest BCUT2D eigenvalue weighted by Crippen LogP contribution is 2.12. The molecule has 0 N–H and O–H groups in total. The molecule has 0 heterocycles. The van der Waals surface area contributed by atoms with Crippen molar-refractivity contribution < 1.29 is 9.53 Å². The van der Waals surface area contributed by atoms with Gasteiger partial charge in [-0.25, -0.2) is 4.79 Å². The standard InChI is InChI=1S/C14H12O2.ClH/c1-11-7-9-12(10-8-11)14(15)16-13-5-3-2-4-6-13;/h2-10H,1H3;1H. The first-order chi connectivity index (χ1) is 7.75. The smallest absolute Gasteiger partial charge is 0.343 e. The summed E-state index contributed by atoms with van der Waals surface area (Å²) in [6.07, 6.45) is 0. The minimum Gasteiger partial charge on any atom is -0.423 e. The lowest BCUT2D eigenvalue weighted by Gasteiger charge is -2.03. The van der Waals surface area contributed by atoms with Crippen LogP contribution in [-0.4, -0.2) is 5.97 Å². The van der Waals surface area contributed by atoms with E-state index in [0.29, 0.717) is 11.3 Å². The van der Waals surface area contributed by atoms with E-state index < -0.39 is 0 Å². The topological polar surface area (TPSA) is 26.3 Å². The zero-order valence-corrected chi connectivity index (χ0v) is 10.2. The molecule has 0 aliphatic heterocycles. The Morgan fingerprint density at radius 3 is 2.12 bits per heavy atom. The van der Waals surface area contributed by atoms with Crippen LogP contribution in [-0.2, 0) is 0 Å². The van der Waals surface area contributed by atoms with Crippen molar-refractivity contribution in [2.75, 3.05) is 0 Å². The normalized spacial score (nSPS) is 9.24. The molecule has 88 valence electrons. The fourth-order valence-corrected chi connectivity index (χ4v) is 1.34. The summed E-state index contributed by atoms with van der Waals surface area (Å²) >= 11 is 0. The van der Waals surface area contributed by atoms with Crippen LogP contribution in [0.5, 0.6) is 5.75 Å². The minimum atomic E-state index is -0.328. The summed E-state index contributed by atoms with van der Waals surface area (Å²) in [5, 5.41) is 0. The molecule has 2 rings (SSSR count). The molecule has 0 fully saturated rings. The predicted molar refractivity (Wildman–Crippen MR) is 69.8 cm³/mol. The van der Waals surface area contributed by atoms with Crippen molar-refractivity contribution >= 4 is 18.4 Å². The molecule has 2 aromatic carbocycles. The second kappa shape index (κ2) is 6.06. The maximum atomic E-state index is 11.7. The van der Waals surface area contributed by atoms with Crippen molar-refractivity contribution in [3.63, 3.8) is 0 Å². The van der Waals surface area contributed by atoms with Gasteiger partial charge in [-0.2, -0.15) is 0 Å². The number of aryl methyl sites for hydroxylation is 1. The van der Waals surface area contributed by atoms with Crippen LogP contribution in [0.1, 0.15) is 15.9 Å². The molecule has 0 atom stereocenters. The zero-order chi connectivity index (χ0) is 11.4. The SMILES string of the molecule is Cc1ccc(C(=O)Oc2ccccc2)cc1.Cl. The first kappa shape index (κ1) is 13.3. The number of para-hydroxylation sites is 1. The van der Waals surface area contributed by atoms with Crippen LogP contribution in [0, 0.1) is 6.92 Å². The lowest BCUT2D eigenvalue weighted by molar-refractivity contribution is 0.0735. The van der Waals surface area contributed by atoms with Gasteiger partial charge in [0.2, 0.25) is 0 Å². The van der Waals surface area contributed by atoms with Crippen LogP contribution in [0.25, 0.3) is 0 Å². The van der Waals surface area contributed by atoms with Gasteiger partial charge in [-0.1, -0.05) is 35.9 Å². The molecule has 0 aromatic heterocycles. The molecule has 0 saturated carbocycles. The third-order valence-corrected chi connectivity index (χ3v) is 2.24. The average Bonchev–Trinajstić information content (AvgIpc) is 2.31. The van der Waals surface area contributed by atoms with Crippen LogP contribution in [0.4, 0.5) is 0 Å². The Balaban J connectivity index is 0.00000144. The molecule has 0 spiro atoms. The predicted octanol–water partition coefficient (Wildman–Crippen LogP) is 3.64. The third kappa shape index (κ3) is 3.61. The van der Waals surface area contributed by atoms with E-state index in [4.69, 9.17) is 4.74 Å². The van der Waals surface area contributed by atoms with Gasteiger partial charge in [0.25, 0.3) is 0 Å². The van der Waals surface area contributed by atoms with Crippen LogP contribution in [0.3, 0.4) is 0 Å². The molecule has 0 aliphatic carbocycles. The first-order valence-corrected chi connectivity index (χ1v) is 5.09. The van der Waals surface area contributed by atoms with Gasteiger partial charge in [0.1, 0.15) is 5.75 Å². The lowest BCUT2D eigenvalue weighted by Crippen LogP contribution is -2.08. The van der Waals surface area contributed by atoms with E-state index in [-0.39, 0.29) is 18.4 Å². The molecule has 0 saturated heterocycles. The molecule has 3 heteroatoms. The number of hydrogen-bond donors (Lipinski definition) is 0. The zero-order valence-electron chi connectivity index (χ0n) is 9.42. The Morgan fingerprint density at radius 1 is 0.941 bits per heavy atom. The Morgan fingerprint density at radius 2 is 1.53 bits per heavy atom. The lowest BCUT2D eigenvalue weighted by atomic mass is 10.1. The van der Waals surface area contributed by atoms with Crippen LogP contribution < -0.4 is 4.74 Å². The van der Waals surface area contributed by atoms with E-state index in [1.807, 2.05) is 37.3 Å². The summed E-state index contributed by atoms with van der Waals surface area (Å²) in [7, 11) is 0. The molecular formula is C14H13ClO2. The summed E-state index contributed by atoms with van der Waals surface area (Å²) in [4.78, 5) is 11.7. The van der Waals surface area contributed by atoms with Gasteiger partial charge < -0.3 is 4.74 Å². The second-order valence-corrected chi connectivity index (χ2v) is 3.57. The number of halogens is 1. The third-order valence-electron chi connectivity index (χ3n) is 2.24. The molecular weight excluding hydrogens is 236 g/mol. The highest BCUT2D eigenvalue weighted by Gasteiger charge is 2.07. The van der Waals surface area contributed by atoms with Gasteiger partial charge in [0.15, 0.2) is 0 Å². The number of ether oxygens (including phenoxy) is 1. The Kier molecular flexibility index (Phi) is 4.73. The van der Waals surface area contributed by atoms with Gasteiger partial charge in [0.05, 0.1) is 5.56 Å². The monoisotopic (exact) mass is 248 g/mol. The van der Waals surface area contributed by atoms with Crippen LogP contribution in [0.15, 0.2) is 54.6 Å². The first-order valence-electron chi connectivity index (χ1n) is 5.09. The fraction of sp³-hybridized carbons (Fsp3) is 0.0714. The number of benzene rings is 2. The van der Waals surface area contributed by atoms with E-state index in [0.717, 1.165) is 5.56 Å². The van der Waals surface area contributed by atoms with E-state index in [1.165, 1.54) is 0 Å². The molecule has 0 bridgehead atoms. The highest BCUT2D eigenvalue weighted by molar-refractivity contribution is 5.91. The number of carbonyl (C=O) groups excluding carboxylic acids is 1. The van der Waals surface area contributed by atoms with Gasteiger partial charge in [-0.15, -0.1) is 12.4 Å². The molecule has 0 unspecified atom stereocenters. The molecule has 2 aromatic rings. The number of esters is 1. The van der Waals surface area contributed by atoms with E-state index in [2.05, 4.69) is 0 Å². The molecule has 17 heavy (non-hydrogen) atoms. The van der Waals surface area contributed by atoms with Gasteiger partial charge >= 0.3 is 5.97 Å². The van der Waals surface area contributed by atoms with E-state index in [1.54, 1.807) is 24.3 Å². The van der Waals surface area contributed by atoms with Crippen LogP contribution >= 0.6 is 12.4 Å². The van der Waals surface area contributed by atoms with Crippen molar-refractivity contribution in [3.8, 4) is 5.75 Å². The largest absolute Gasteiger partial charge is 0.423 e. The Hall–Kier alpha value is -1.80. The van der Waals surface area contributed by atoms with Gasteiger partial charge in [0, 0.05) is 0 Å². The molecule has 0 amide bonds. The Labute approximate surface area is 107 Å². The average molecular weight is 249 g/mol. The van der Waals surface area contributed by atoms with Crippen molar-refractivity contribution in [1.82, 2.24) is 0 Å². The van der Waals surface area contributed by atoms with Crippen molar-refractivity contribution in [2.24, 2.45) is 0 Å². The quantitative estimate of drug-likeness (QED) is 0.599. The minimum absolute atomic E-state index is 0. The summed E-state index contributed by atoms with van der Waals surface area (Å²) < 4.78 is 5.20. The fourth-order valence-electron chi connectivity index (χ4n) is 1.34. The number of rotatable bonds is 2. The molecule has 0 aliphatic rings. The van der Waals surface area contributed by atoms with Crippen LogP contribution in [0.2, 0.25) is 0 Å². The maximum Gasteiger partial charge on any atom is 0.343 e. The van der Waals surface area contributed by atoms with Crippen molar-refractivity contribution in [2.45, 2.75) is 6.92 Å². The highest BCUT2D eigenvalue weighted by atomic mass is 35.5. The summed E-state index contributed by atoms with van der Waals surface area (Å²) in [6.45, 7) is 1.98. The van der Waals surface area contributed by atoms with E-state index >= 15 is 0 Å². The molecule has 0 radical (unpaired) electrons. The molecule has 2 nitrogen and oxygen atoms in total. The number of hydrogen-bond acceptors (Lipinski definition) is 2. The van der Waals surface area contributed by atoms with Crippen molar-refractivity contribution in [1.29, 1.82) is 0 Å². The maximum absolute atomic E-state index is 11.7. The Bertz CT molecular complexity index is 477. The summed E-state index contributed by atoms with van der Waals surface area (Å²) in [5.74, 6) is 0.235. The van der Waals surface area contributed by atoms with Gasteiger partial charge in [-0.05, 0) is 31.2 Å². The second-order valence-electron chi connectivity index (χ2n) is 3.57. The summed E-state index contributed by atoms with van der Waals surface area (Å²) in [6, 6.07) is 16.4. The number of carbonyl (C=O) groups is 1.